The van der Waals surface area contributed by atoms with E-state index in [0.29, 0.717) is 16.1 Å². The maximum absolute atomic E-state index is 11.7. The Bertz CT molecular complexity index is 918. The van der Waals surface area contributed by atoms with Gasteiger partial charge in [0.1, 0.15) is 24.1 Å². The molecule has 0 N–H and O–H groups in total. The summed E-state index contributed by atoms with van der Waals surface area (Å²) < 4.78 is 23.0. The number of hydrogen-bond donors (Lipinski definition) is 1. The van der Waals surface area contributed by atoms with Crippen LogP contribution >= 0.6 is 12.6 Å². The van der Waals surface area contributed by atoms with E-state index in [1.807, 2.05) is 0 Å². The van der Waals surface area contributed by atoms with Crippen molar-refractivity contribution in [3.05, 3.63) is 12.5 Å². The highest BCUT2D eigenvalue weighted by Crippen LogP contribution is 2.35. The van der Waals surface area contributed by atoms with Crippen molar-refractivity contribution in [3.63, 3.8) is 0 Å². The zero-order valence-corrected chi connectivity index (χ0v) is 16.2. The number of nitrogens with zero attached hydrogens (tertiary/aromatic N) is 4. The van der Waals surface area contributed by atoms with Crippen molar-refractivity contribution in [1.29, 1.82) is 0 Å². The molecule has 11 nitrogen and oxygen atoms in total. The summed E-state index contributed by atoms with van der Waals surface area (Å²) in [7, 11) is 0. The van der Waals surface area contributed by atoms with Gasteiger partial charge in [-0.25, -0.2) is 14.6 Å². The van der Waals surface area contributed by atoms with Crippen LogP contribution in [-0.4, -0.2) is 62.6 Å². The second kappa shape index (κ2) is 8.10. The molecule has 0 aliphatic carbocycles. The maximum atomic E-state index is 11.7. The molecule has 0 radical (unpaired) electrons. The fourth-order valence-electron chi connectivity index (χ4n) is 2.93. The summed E-state index contributed by atoms with van der Waals surface area (Å²) >= 11 is 4.26. The van der Waals surface area contributed by atoms with E-state index in [1.54, 1.807) is 0 Å². The topological polar surface area (TPSA) is 132 Å². The molecular formula is C16H18N4O7S. The first-order valence-corrected chi connectivity index (χ1v) is 8.73. The van der Waals surface area contributed by atoms with Crippen molar-refractivity contribution >= 4 is 41.6 Å². The molecule has 1 saturated heterocycles. The van der Waals surface area contributed by atoms with Crippen LogP contribution in [0.1, 0.15) is 27.0 Å². The van der Waals surface area contributed by atoms with Crippen LogP contribution in [0, 0.1) is 0 Å². The highest BCUT2D eigenvalue weighted by Gasteiger charge is 2.51. The number of rotatable bonds is 5. The predicted molar refractivity (Wildman–Crippen MR) is 94.2 cm³/mol. The van der Waals surface area contributed by atoms with E-state index < -0.39 is 42.4 Å². The Balaban J connectivity index is 2.01. The van der Waals surface area contributed by atoms with E-state index in [4.69, 9.17) is 18.9 Å². The Morgan fingerprint density at radius 2 is 1.79 bits per heavy atom. The van der Waals surface area contributed by atoms with E-state index in [9.17, 15) is 14.4 Å². The Hall–Kier alpha value is -2.73. The number of thiol groups is 1. The van der Waals surface area contributed by atoms with Gasteiger partial charge in [0.15, 0.2) is 24.1 Å². The summed E-state index contributed by atoms with van der Waals surface area (Å²) in [6.07, 6.45) is -1.11. The van der Waals surface area contributed by atoms with Crippen LogP contribution < -0.4 is 0 Å². The SMILES string of the molecule is CC(=O)OC[C@H]1O[C@@H](n2ncc3c(S)ncnc32)[C@H](OC(C)=O)[C@@H]1OC(C)=O. The lowest BCUT2D eigenvalue weighted by Gasteiger charge is -2.23. The molecule has 0 aromatic carbocycles. The second-order valence-corrected chi connectivity index (χ2v) is 6.46. The summed E-state index contributed by atoms with van der Waals surface area (Å²) in [5, 5.41) is 5.21. The Labute approximate surface area is 164 Å². The Morgan fingerprint density at radius 1 is 1.11 bits per heavy atom. The first kappa shape index (κ1) is 20.0. The molecule has 4 atom stereocenters. The first-order valence-electron chi connectivity index (χ1n) is 8.28. The van der Waals surface area contributed by atoms with Crippen LogP contribution in [0.5, 0.6) is 0 Å². The van der Waals surface area contributed by atoms with Gasteiger partial charge < -0.3 is 18.9 Å². The minimum Gasteiger partial charge on any atom is -0.463 e. The van der Waals surface area contributed by atoms with E-state index in [-0.39, 0.29) is 6.61 Å². The zero-order chi connectivity index (χ0) is 20.4. The summed E-state index contributed by atoms with van der Waals surface area (Å²) in [4.78, 5) is 42.6. The third-order valence-corrected chi connectivity index (χ3v) is 4.31. The first-order chi connectivity index (χ1) is 13.3. The van der Waals surface area contributed by atoms with Gasteiger partial charge in [0, 0.05) is 20.8 Å². The van der Waals surface area contributed by atoms with Crippen LogP contribution in [0.3, 0.4) is 0 Å². The molecule has 1 aliphatic heterocycles. The second-order valence-electron chi connectivity index (χ2n) is 6.04. The van der Waals surface area contributed by atoms with Gasteiger partial charge in [-0.15, -0.1) is 12.6 Å². The molecule has 0 amide bonds. The van der Waals surface area contributed by atoms with Crippen LogP contribution in [-0.2, 0) is 33.3 Å². The molecule has 0 bridgehead atoms. The van der Waals surface area contributed by atoms with E-state index >= 15 is 0 Å². The van der Waals surface area contributed by atoms with Gasteiger partial charge in [-0.1, -0.05) is 0 Å². The molecule has 12 heteroatoms. The van der Waals surface area contributed by atoms with Crippen molar-refractivity contribution in [2.75, 3.05) is 6.61 Å². The summed E-state index contributed by atoms with van der Waals surface area (Å²) in [6, 6.07) is 0. The van der Waals surface area contributed by atoms with Crippen LogP contribution in [0.4, 0.5) is 0 Å². The molecule has 2 aromatic rings. The standard InChI is InChI=1S/C16H18N4O7S/c1-7(21)24-5-11-12(25-8(2)22)13(26-9(3)23)16(27-11)20-14-10(4-19-20)15(28)18-6-17-14/h4,6,11-13,16H,5H2,1-3H3,(H,17,18,28)/t11-,12-,13-,16-/m1/s1. The predicted octanol–water partition coefficient (Wildman–Crippen LogP) is 0.439. The summed E-state index contributed by atoms with van der Waals surface area (Å²) in [5.74, 6) is -1.75. The molecule has 0 unspecified atom stereocenters. The van der Waals surface area contributed by atoms with Gasteiger partial charge in [-0.05, 0) is 0 Å². The van der Waals surface area contributed by atoms with Gasteiger partial charge in [0.05, 0.1) is 11.6 Å². The lowest BCUT2D eigenvalue weighted by atomic mass is 10.1. The molecule has 3 rings (SSSR count). The van der Waals surface area contributed by atoms with Crippen molar-refractivity contribution in [2.45, 2.75) is 50.3 Å². The van der Waals surface area contributed by atoms with Crippen LogP contribution in [0.15, 0.2) is 17.6 Å². The molecule has 1 fully saturated rings. The molecule has 3 heterocycles. The lowest BCUT2D eigenvalue weighted by Crippen LogP contribution is -2.40. The average Bonchev–Trinajstić information content (AvgIpc) is 3.16. The summed E-state index contributed by atoms with van der Waals surface area (Å²) in [6.45, 7) is 3.47. The zero-order valence-electron chi connectivity index (χ0n) is 15.3. The van der Waals surface area contributed by atoms with E-state index in [0.717, 1.165) is 0 Å². The number of hydrogen-bond acceptors (Lipinski definition) is 11. The number of esters is 3. The smallest absolute Gasteiger partial charge is 0.303 e. The van der Waals surface area contributed by atoms with Crippen molar-refractivity contribution in [1.82, 2.24) is 19.7 Å². The fraction of sp³-hybridized carbons (Fsp3) is 0.500. The monoisotopic (exact) mass is 410 g/mol. The van der Waals surface area contributed by atoms with Gasteiger partial charge in [-0.3, -0.25) is 14.4 Å². The Kier molecular flexibility index (Phi) is 5.79. The number of carbonyl (C=O) groups is 3. The van der Waals surface area contributed by atoms with E-state index in [2.05, 4.69) is 27.7 Å². The third kappa shape index (κ3) is 4.07. The largest absolute Gasteiger partial charge is 0.463 e. The number of ether oxygens (including phenoxy) is 4. The minimum absolute atomic E-state index is 0.201. The van der Waals surface area contributed by atoms with Crippen molar-refractivity contribution in [2.24, 2.45) is 0 Å². The molecule has 28 heavy (non-hydrogen) atoms. The molecule has 1 aliphatic rings. The third-order valence-electron chi connectivity index (χ3n) is 3.95. The van der Waals surface area contributed by atoms with Gasteiger partial charge in [-0.2, -0.15) is 5.10 Å². The molecular weight excluding hydrogens is 392 g/mol. The van der Waals surface area contributed by atoms with Gasteiger partial charge in [0.25, 0.3) is 0 Å². The lowest BCUT2D eigenvalue weighted by molar-refractivity contribution is -0.166. The molecule has 0 saturated carbocycles. The number of carbonyl (C=O) groups excluding carboxylic acids is 3. The van der Waals surface area contributed by atoms with Gasteiger partial charge >= 0.3 is 17.9 Å². The Morgan fingerprint density at radius 3 is 2.43 bits per heavy atom. The minimum atomic E-state index is -1.04. The maximum Gasteiger partial charge on any atom is 0.303 e. The molecule has 150 valence electrons. The quantitative estimate of drug-likeness (QED) is 0.320. The van der Waals surface area contributed by atoms with E-state index in [1.165, 1.54) is 38.0 Å². The summed E-state index contributed by atoms with van der Waals surface area (Å²) in [5.41, 5.74) is 0.386. The number of aromatic nitrogens is 4. The van der Waals surface area contributed by atoms with Crippen LogP contribution in [0.25, 0.3) is 11.0 Å². The highest BCUT2D eigenvalue weighted by atomic mass is 32.1. The molecule has 2 aromatic heterocycles. The number of fused-ring (bicyclic) bond motifs is 1. The van der Waals surface area contributed by atoms with Crippen molar-refractivity contribution < 1.29 is 33.3 Å². The average molecular weight is 410 g/mol. The fourth-order valence-corrected chi connectivity index (χ4v) is 3.14. The highest BCUT2D eigenvalue weighted by molar-refractivity contribution is 7.80. The molecule has 0 spiro atoms. The van der Waals surface area contributed by atoms with Crippen LogP contribution in [0.2, 0.25) is 0 Å². The van der Waals surface area contributed by atoms with Gasteiger partial charge in [0.2, 0.25) is 0 Å². The van der Waals surface area contributed by atoms with Crippen molar-refractivity contribution in [3.8, 4) is 0 Å². The normalized spacial score (nSPS) is 24.1.